The summed E-state index contributed by atoms with van der Waals surface area (Å²) in [5.41, 5.74) is 0.575. The summed E-state index contributed by atoms with van der Waals surface area (Å²) in [5, 5.41) is 0. The highest BCUT2D eigenvalue weighted by Crippen LogP contribution is 2.31. The lowest BCUT2D eigenvalue weighted by Gasteiger charge is -2.16. The molecule has 0 saturated heterocycles. The second-order valence-electron chi connectivity index (χ2n) is 3.19. The van der Waals surface area contributed by atoms with Crippen LogP contribution in [0.2, 0.25) is 0 Å². The lowest BCUT2D eigenvalue weighted by Crippen LogP contribution is -2.22. The van der Waals surface area contributed by atoms with E-state index in [2.05, 4.69) is 4.74 Å². The number of esters is 1. The van der Waals surface area contributed by atoms with Crippen LogP contribution in [0.1, 0.15) is 20.8 Å². The summed E-state index contributed by atoms with van der Waals surface area (Å²) in [6, 6.07) is 0. The summed E-state index contributed by atoms with van der Waals surface area (Å²) in [6.45, 7) is 6.10. The minimum atomic E-state index is -0.353. The molecule has 80 valence electrons. The molecule has 0 amide bonds. The molecule has 0 saturated carbocycles. The lowest BCUT2D eigenvalue weighted by atomic mass is 10.0. The highest BCUT2D eigenvalue weighted by Gasteiger charge is 2.36. The predicted molar refractivity (Wildman–Crippen MR) is 50.4 cm³/mol. The topological polar surface area (TPSA) is 44.8 Å². The molecule has 14 heavy (non-hydrogen) atoms. The Bertz CT molecular complexity index is 257. The third-order valence-corrected chi connectivity index (χ3v) is 2.27. The fourth-order valence-corrected chi connectivity index (χ4v) is 1.58. The van der Waals surface area contributed by atoms with Gasteiger partial charge in [0.15, 0.2) is 0 Å². The first-order chi connectivity index (χ1) is 6.61. The average Bonchev–Trinajstić information content (AvgIpc) is 2.42. The van der Waals surface area contributed by atoms with E-state index in [0.717, 1.165) is 0 Å². The van der Waals surface area contributed by atoms with Crippen molar-refractivity contribution in [1.82, 2.24) is 0 Å². The molecule has 0 N–H and O–H groups in total. The zero-order chi connectivity index (χ0) is 10.7. The molecule has 1 aliphatic heterocycles. The van der Waals surface area contributed by atoms with Gasteiger partial charge in [0.2, 0.25) is 6.29 Å². The number of methoxy groups -OCH3 is 1. The van der Waals surface area contributed by atoms with Crippen LogP contribution in [-0.2, 0) is 19.0 Å². The van der Waals surface area contributed by atoms with E-state index in [1.54, 1.807) is 6.92 Å². The van der Waals surface area contributed by atoms with Crippen molar-refractivity contribution in [3.05, 3.63) is 11.3 Å². The predicted octanol–water partition coefficient (Wildman–Crippen LogP) is 1.46. The third-order valence-electron chi connectivity index (χ3n) is 2.27. The molecular weight excluding hydrogens is 184 g/mol. The summed E-state index contributed by atoms with van der Waals surface area (Å²) in [6.07, 6.45) is -0.353. The Morgan fingerprint density at radius 1 is 1.57 bits per heavy atom. The van der Waals surface area contributed by atoms with Crippen molar-refractivity contribution < 1.29 is 19.0 Å². The molecule has 0 aromatic heterocycles. The van der Waals surface area contributed by atoms with E-state index in [-0.39, 0.29) is 18.2 Å². The van der Waals surface area contributed by atoms with Crippen molar-refractivity contribution in [3.8, 4) is 0 Å². The van der Waals surface area contributed by atoms with Gasteiger partial charge in [0, 0.05) is 6.61 Å². The number of ether oxygens (including phenoxy) is 3. The van der Waals surface area contributed by atoms with E-state index in [4.69, 9.17) is 9.47 Å². The summed E-state index contributed by atoms with van der Waals surface area (Å²) < 4.78 is 15.4. The van der Waals surface area contributed by atoms with Gasteiger partial charge in [0.05, 0.1) is 18.6 Å². The number of hydrogen-bond donors (Lipinski definition) is 0. The fraction of sp³-hybridized carbons (Fsp3) is 0.700. The molecule has 4 heteroatoms. The second kappa shape index (κ2) is 4.46. The Labute approximate surface area is 83.8 Å². The number of carbonyl (C=O) groups is 1. The second-order valence-corrected chi connectivity index (χ2v) is 3.19. The normalized spacial score (nSPS) is 26.3. The summed E-state index contributed by atoms with van der Waals surface area (Å²) in [7, 11) is 1.36. The molecule has 0 aromatic rings. The van der Waals surface area contributed by atoms with Gasteiger partial charge in [0.1, 0.15) is 5.76 Å². The maximum absolute atomic E-state index is 11.4. The van der Waals surface area contributed by atoms with Gasteiger partial charge in [-0.3, -0.25) is 0 Å². The minimum absolute atomic E-state index is 0.0672. The molecule has 0 aliphatic carbocycles. The molecular formula is C10H16O4. The van der Waals surface area contributed by atoms with Crippen LogP contribution in [0.25, 0.3) is 0 Å². The van der Waals surface area contributed by atoms with E-state index >= 15 is 0 Å². The molecule has 1 rings (SSSR count). The zero-order valence-electron chi connectivity index (χ0n) is 8.99. The van der Waals surface area contributed by atoms with Gasteiger partial charge >= 0.3 is 5.97 Å². The molecule has 2 atom stereocenters. The van der Waals surface area contributed by atoms with Crippen molar-refractivity contribution in [1.29, 1.82) is 0 Å². The fourth-order valence-electron chi connectivity index (χ4n) is 1.58. The van der Waals surface area contributed by atoms with Crippen LogP contribution in [0.5, 0.6) is 0 Å². The van der Waals surface area contributed by atoms with Crippen molar-refractivity contribution in [2.75, 3.05) is 13.7 Å². The van der Waals surface area contributed by atoms with Gasteiger partial charge in [-0.25, -0.2) is 4.79 Å². The highest BCUT2D eigenvalue weighted by molar-refractivity contribution is 5.89. The van der Waals surface area contributed by atoms with Crippen LogP contribution in [0.3, 0.4) is 0 Å². The van der Waals surface area contributed by atoms with E-state index in [0.29, 0.717) is 17.9 Å². The summed E-state index contributed by atoms with van der Waals surface area (Å²) in [5.74, 6) is 0.197. The molecule has 0 radical (unpaired) electrons. The molecule has 0 unspecified atom stereocenters. The van der Waals surface area contributed by atoms with Gasteiger partial charge in [-0.1, -0.05) is 6.92 Å². The van der Waals surface area contributed by atoms with Crippen LogP contribution < -0.4 is 0 Å². The van der Waals surface area contributed by atoms with E-state index in [9.17, 15) is 4.79 Å². The first-order valence-corrected chi connectivity index (χ1v) is 4.69. The Hall–Kier alpha value is -1.03. The van der Waals surface area contributed by atoms with Gasteiger partial charge in [-0.05, 0) is 13.8 Å². The Morgan fingerprint density at radius 3 is 2.71 bits per heavy atom. The van der Waals surface area contributed by atoms with Gasteiger partial charge in [-0.15, -0.1) is 0 Å². The standard InChI is InChI=1S/C10H16O4/c1-5-13-10-6(2)8(7(3)14-10)9(11)12-4/h6,10H,5H2,1-4H3/t6-,10+/m1/s1. The van der Waals surface area contributed by atoms with Gasteiger partial charge in [0.25, 0.3) is 0 Å². The molecule has 0 spiro atoms. The monoisotopic (exact) mass is 200 g/mol. The van der Waals surface area contributed by atoms with Crippen LogP contribution in [0.15, 0.2) is 11.3 Å². The third kappa shape index (κ3) is 1.90. The average molecular weight is 200 g/mol. The van der Waals surface area contributed by atoms with E-state index in [1.807, 2.05) is 13.8 Å². The Balaban J connectivity index is 2.76. The maximum atomic E-state index is 11.4. The number of hydrogen-bond acceptors (Lipinski definition) is 4. The van der Waals surface area contributed by atoms with Crippen molar-refractivity contribution in [2.45, 2.75) is 27.1 Å². The number of allylic oxidation sites excluding steroid dienone is 1. The number of rotatable bonds is 3. The molecule has 1 heterocycles. The smallest absolute Gasteiger partial charge is 0.337 e. The quantitative estimate of drug-likeness (QED) is 0.647. The zero-order valence-corrected chi connectivity index (χ0v) is 8.99. The van der Waals surface area contributed by atoms with Crippen molar-refractivity contribution in [2.24, 2.45) is 5.92 Å². The summed E-state index contributed by atoms with van der Waals surface area (Å²) >= 11 is 0. The molecule has 0 fully saturated rings. The van der Waals surface area contributed by atoms with Gasteiger partial charge < -0.3 is 14.2 Å². The summed E-state index contributed by atoms with van der Waals surface area (Å²) in [4.78, 5) is 11.4. The first kappa shape index (κ1) is 11.0. The Kier molecular flexibility index (Phi) is 3.52. The van der Waals surface area contributed by atoms with E-state index < -0.39 is 0 Å². The van der Waals surface area contributed by atoms with Crippen molar-refractivity contribution >= 4 is 5.97 Å². The van der Waals surface area contributed by atoms with E-state index in [1.165, 1.54) is 7.11 Å². The lowest BCUT2D eigenvalue weighted by molar-refractivity contribution is -0.138. The molecule has 0 aromatic carbocycles. The first-order valence-electron chi connectivity index (χ1n) is 4.69. The molecule has 0 bridgehead atoms. The molecule has 4 nitrogen and oxygen atoms in total. The number of carbonyl (C=O) groups excluding carboxylic acids is 1. The van der Waals surface area contributed by atoms with Crippen molar-refractivity contribution in [3.63, 3.8) is 0 Å². The SMILES string of the molecule is CCO[C@H]1OC(C)=C(C(=O)OC)[C@H]1C. The highest BCUT2D eigenvalue weighted by atomic mass is 16.7. The van der Waals surface area contributed by atoms with Crippen LogP contribution >= 0.6 is 0 Å². The molecule has 1 aliphatic rings. The van der Waals surface area contributed by atoms with Crippen LogP contribution in [-0.4, -0.2) is 26.0 Å². The largest absolute Gasteiger partial charge is 0.468 e. The van der Waals surface area contributed by atoms with Crippen LogP contribution in [0, 0.1) is 5.92 Å². The minimum Gasteiger partial charge on any atom is -0.468 e. The Morgan fingerprint density at radius 2 is 2.21 bits per heavy atom. The van der Waals surface area contributed by atoms with Crippen LogP contribution in [0.4, 0.5) is 0 Å². The van der Waals surface area contributed by atoms with Gasteiger partial charge in [-0.2, -0.15) is 0 Å². The maximum Gasteiger partial charge on any atom is 0.337 e.